The van der Waals surface area contributed by atoms with Gasteiger partial charge in [-0.25, -0.2) is 19.1 Å². The summed E-state index contributed by atoms with van der Waals surface area (Å²) in [5, 5.41) is 8.85. The van der Waals surface area contributed by atoms with Crippen LogP contribution in [0.4, 0.5) is 8.78 Å². The topological polar surface area (TPSA) is 75.6 Å². The molecule has 1 amide bonds. The number of amides is 1. The van der Waals surface area contributed by atoms with E-state index in [0.717, 1.165) is 0 Å². The minimum atomic E-state index is -1.54. The zero-order chi connectivity index (χ0) is 14.8. The van der Waals surface area contributed by atoms with Crippen LogP contribution in [0, 0.1) is 11.6 Å². The molecular formula is C12H13F2NO4. The molecule has 0 unspecified atom stereocenters. The minimum absolute atomic E-state index is 0.448. The molecule has 0 aliphatic rings. The average Bonchev–Trinajstić information content (AvgIpc) is 2.27. The van der Waals surface area contributed by atoms with E-state index in [1.54, 1.807) is 20.8 Å². The highest BCUT2D eigenvalue weighted by atomic mass is 19.2. The van der Waals surface area contributed by atoms with E-state index in [9.17, 15) is 18.4 Å². The van der Waals surface area contributed by atoms with Gasteiger partial charge in [0.15, 0.2) is 11.6 Å². The van der Waals surface area contributed by atoms with E-state index in [4.69, 9.17) is 9.94 Å². The maximum atomic E-state index is 13.1. The number of nitrogens with one attached hydrogen (secondary N) is 1. The van der Waals surface area contributed by atoms with Crippen LogP contribution in [0.15, 0.2) is 12.1 Å². The first kappa shape index (κ1) is 15.0. The quantitative estimate of drug-likeness (QED) is 0.827. The molecule has 7 heteroatoms. The summed E-state index contributed by atoms with van der Waals surface area (Å²) in [5.74, 6) is -5.16. The van der Waals surface area contributed by atoms with Gasteiger partial charge in [-0.1, -0.05) is 0 Å². The van der Waals surface area contributed by atoms with Crippen molar-refractivity contribution in [3.05, 3.63) is 34.9 Å². The summed E-state index contributed by atoms with van der Waals surface area (Å²) in [6.07, 6.45) is 0. The predicted octanol–water partition coefficient (Wildman–Crippen LogP) is 2.12. The van der Waals surface area contributed by atoms with E-state index < -0.39 is 40.2 Å². The molecule has 0 saturated heterocycles. The molecular weight excluding hydrogens is 260 g/mol. The van der Waals surface area contributed by atoms with Crippen molar-refractivity contribution in [1.82, 2.24) is 5.48 Å². The van der Waals surface area contributed by atoms with Crippen LogP contribution in [0.5, 0.6) is 0 Å². The van der Waals surface area contributed by atoms with Crippen LogP contribution in [0.2, 0.25) is 0 Å². The summed E-state index contributed by atoms with van der Waals surface area (Å²) in [6, 6.07) is 0.962. The van der Waals surface area contributed by atoms with Crippen LogP contribution in [-0.2, 0) is 4.84 Å². The molecule has 1 rings (SSSR count). The van der Waals surface area contributed by atoms with Crippen LogP contribution in [0.25, 0.3) is 0 Å². The van der Waals surface area contributed by atoms with Crippen LogP contribution in [-0.4, -0.2) is 22.6 Å². The number of hydrogen-bond donors (Lipinski definition) is 2. The van der Waals surface area contributed by atoms with Gasteiger partial charge in [0.1, 0.15) is 0 Å². The number of carboxylic acid groups (broad SMARTS) is 1. The first-order chi connectivity index (χ1) is 8.61. The third-order valence-electron chi connectivity index (χ3n) is 1.99. The summed E-state index contributed by atoms with van der Waals surface area (Å²) < 4.78 is 26.0. The lowest BCUT2D eigenvalue weighted by atomic mass is 10.1. The lowest BCUT2D eigenvalue weighted by Crippen LogP contribution is -2.34. The largest absolute Gasteiger partial charge is 0.478 e. The highest BCUT2D eigenvalue weighted by Crippen LogP contribution is 2.16. The van der Waals surface area contributed by atoms with Crippen LogP contribution in [0.1, 0.15) is 41.5 Å². The van der Waals surface area contributed by atoms with Crippen LogP contribution >= 0.6 is 0 Å². The Kier molecular flexibility index (Phi) is 4.21. The molecule has 0 heterocycles. The van der Waals surface area contributed by atoms with E-state index in [2.05, 4.69) is 0 Å². The average molecular weight is 273 g/mol. The van der Waals surface area contributed by atoms with Crippen LogP contribution < -0.4 is 5.48 Å². The smallest absolute Gasteiger partial charge is 0.336 e. The van der Waals surface area contributed by atoms with Gasteiger partial charge in [0.25, 0.3) is 5.91 Å². The highest BCUT2D eigenvalue weighted by molar-refractivity contribution is 6.04. The number of carbonyl (C=O) groups is 2. The Morgan fingerprint density at radius 2 is 1.63 bits per heavy atom. The Hall–Kier alpha value is -2.02. The van der Waals surface area contributed by atoms with Gasteiger partial charge in [-0.15, -0.1) is 0 Å². The molecule has 2 N–H and O–H groups in total. The molecule has 0 fully saturated rings. The molecule has 0 aliphatic heterocycles. The van der Waals surface area contributed by atoms with Gasteiger partial charge in [0, 0.05) is 0 Å². The monoisotopic (exact) mass is 273 g/mol. The number of carbonyl (C=O) groups excluding carboxylic acids is 1. The molecule has 0 radical (unpaired) electrons. The molecule has 0 aromatic heterocycles. The van der Waals surface area contributed by atoms with Crippen molar-refractivity contribution >= 4 is 11.9 Å². The second-order valence-corrected chi connectivity index (χ2v) is 4.76. The summed E-state index contributed by atoms with van der Waals surface area (Å²) in [6.45, 7) is 4.95. The lowest BCUT2D eigenvalue weighted by Gasteiger charge is -2.19. The van der Waals surface area contributed by atoms with Crippen molar-refractivity contribution in [1.29, 1.82) is 0 Å². The normalized spacial score (nSPS) is 11.2. The minimum Gasteiger partial charge on any atom is -0.478 e. The zero-order valence-corrected chi connectivity index (χ0v) is 10.6. The third-order valence-corrected chi connectivity index (χ3v) is 1.99. The number of rotatable bonds is 3. The van der Waals surface area contributed by atoms with Crippen LogP contribution in [0.3, 0.4) is 0 Å². The van der Waals surface area contributed by atoms with Gasteiger partial charge in [-0.05, 0) is 32.9 Å². The summed E-state index contributed by atoms with van der Waals surface area (Å²) in [7, 11) is 0. The van der Waals surface area contributed by atoms with Gasteiger partial charge in [0.2, 0.25) is 0 Å². The lowest BCUT2D eigenvalue weighted by molar-refractivity contribution is -0.0590. The summed E-state index contributed by atoms with van der Waals surface area (Å²) in [4.78, 5) is 27.5. The number of halogens is 2. The van der Waals surface area contributed by atoms with Crippen molar-refractivity contribution in [3.63, 3.8) is 0 Å². The van der Waals surface area contributed by atoms with Gasteiger partial charge in [-0.2, -0.15) is 0 Å². The molecule has 0 bridgehead atoms. The van der Waals surface area contributed by atoms with Crippen molar-refractivity contribution < 1.29 is 28.3 Å². The van der Waals surface area contributed by atoms with E-state index in [-0.39, 0.29) is 0 Å². The van der Waals surface area contributed by atoms with Gasteiger partial charge < -0.3 is 5.11 Å². The SMILES string of the molecule is CC(C)(C)ONC(=O)c1cc(F)c(F)cc1C(=O)O. The fourth-order valence-corrected chi connectivity index (χ4v) is 1.17. The van der Waals surface area contributed by atoms with Crippen molar-refractivity contribution in [2.45, 2.75) is 26.4 Å². The van der Waals surface area contributed by atoms with E-state index in [1.807, 2.05) is 5.48 Å². The number of hydrogen-bond acceptors (Lipinski definition) is 3. The maximum absolute atomic E-state index is 13.1. The molecule has 0 spiro atoms. The van der Waals surface area contributed by atoms with E-state index in [1.165, 1.54) is 0 Å². The van der Waals surface area contributed by atoms with E-state index >= 15 is 0 Å². The molecule has 1 aromatic rings. The predicted molar refractivity (Wildman–Crippen MR) is 61.6 cm³/mol. The molecule has 0 atom stereocenters. The van der Waals surface area contributed by atoms with Gasteiger partial charge in [0.05, 0.1) is 16.7 Å². The molecule has 0 aliphatic carbocycles. The second kappa shape index (κ2) is 5.31. The number of benzene rings is 1. The Balaban J connectivity index is 3.08. The third kappa shape index (κ3) is 3.99. The fraction of sp³-hybridized carbons (Fsp3) is 0.333. The maximum Gasteiger partial charge on any atom is 0.336 e. The number of hydroxylamine groups is 1. The first-order valence-electron chi connectivity index (χ1n) is 5.32. The Bertz CT molecular complexity index is 523. The van der Waals surface area contributed by atoms with E-state index in [0.29, 0.717) is 12.1 Å². The standard InChI is InChI=1S/C12H13F2NO4/c1-12(2,3)19-15-10(16)6-4-8(13)9(14)5-7(6)11(17)18/h4-5H,1-3H3,(H,15,16)(H,17,18). The highest BCUT2D eigenvalue weighted by Gasteiger charge is 2.22. The molecule has 104 valence electrons. The fourth-order valence-electron chi connectivity index (χ4n) is 1.17. The molecule has 0 saturated carbocycles. The second-order valence-electron chi connectivity index (χ2n) is 4.76. The van der Waals surface area contributed by atoms with Crippen molar-refractivity contribution in [2.24, 2.45) is 0 Å². The number of carboxylic acids is 1. The Labute approximate surface area is 108 Å². The molecule has 1 aromatic carbocycles. The van der Waals surface area contributed by atoms with Crippen molar-refractivity contribution in [3.8, 4) is 0 Å². The summed E-state index contributed by atoms with van der Waals surface area (Å²) in [5.41, 5.74) is 0.116. The van der Waals surface area contributed by atoms with Gasteiger partial charge >= 0.3 is 5.97 Å². The first-order valence-corrected chi connectivity index (χ1v) is 5.32. The summed E-state index contributed by atoms with van der Waals surface area (Å²) >= 11 is 0. The molecule has 5 nitrogen and oxygen atoms in total. The Morgan fingerprint density at radius 3 is 2.05 bits per heavy atom. The van der Waals surface area contributed by atoms with Crippen molar-refractivity contribution in [2.75, 3.05) is 0 Å². The zero-order valence-electron chi connectivity index (χ0n) is 10.6. The number of aromatic carboxylic acids is 1. The molecule has 19 heavy (non-hydrogen) atoms. The van der Waals surface area contributed by atoms with Gasteiger partial charge in [-0.3, -0.25) is 9.63 Å². The Morgan fingerprint density at radius 1 is 1.16 bits per heavy atom.